The standard InChI is InChI=1S/C22H30O2/c1-4-16-13(3)20-17-9-7-15(23)12-14(17)6-8-18(20)19-10-11-22(24,5-2)21(16)19/h2,12,15-21,23-24H,3-4,6-11H2,1H3/t15?,16-,17+,18+,19+,20-,21?,22+/m1/s1. The van der Waals surface area contributed by atoms with E-state index in [1.165, 1.54) is 11.1 Å². The predicted molar refractivity (Wildman–Crippen MR) is 95.9 cm³/mol. The molecule has 0 saturated heterocycles. The first-order valence-corrected chi connectivity index (χ1v) is 9.77. The maximum absolute atomic E-state index is 11.1. The summed E-state index contributed by atoms with van der Waals surface area (Å²) in [6, 6.07) is 0. The first kappa shape index (κ1) is 16.4. The molecule has 4 rings (SSSR count). The molecule has 2 unspecified atom stereocenters. The van der Waals surface area contributed by atoms with Crippen molar-refractivity contribution >= 4 is 0 Å². The van der Waals surface area contributed by atoms with Crippen molar-refractivity contribution in [2.45, 2.75) is 63.6 Å². The molecular weight excluding hydrogens is 296 g/mol. The van der Waals surface area contributed by atoms with E-state index in [0.717, 1.165) is 44.9 Å². The van der Waals surface area contributed by atoms with E-state index in [4.69, 9.17) is 6.42 Å². The van der Waals surface area contributed by atoms with Crippen molar-refractivity contribution in [1.29, 1.82) is 0 Å². The number of terminal acetylenes is 1. The SMILES string of the molecule is C#C[C@]1(O)CC[C@@H]2C1[C@H](CC)C(=C)[C@H]1[C@H]2CCC2=CC(O)CC[C@@H]21. The lowest BCUT2D eigenvalue weighted by molar-refractivity contribution is -0.0274. The van der Waals surface area contributed by atoms with Gasteiger partial charge in [-0.2, -0.15) is 0 Å². The molecule has 0 aromatic heterocycles. The zero-order valence-corrected chi connectivity index (χ0v) is 14.7. The summed E-state index contributed by atoms with van der Waals surface area (Å²) in [6.45, 7) is 6.77. The Kier molecular flexibility index (Phi) is 3.94. The van der Waals surface area contributed by atoms with Crippen molar-refractivity contribution in [3.8, 4) is 12.3 Å². The van der Waals surface area contributed by atoms with Gasteiger partial charge in [-0.3, -0.25) is 0 Å². The molecule has 130 valence electrons. The third-order valence-electron chi connectivity index (χ3n) is 7.77. The van der Waals surface area contributed by atoms with Gasteiger partial charge in [-0.05, 0) is 74.5 Å². The number of aliphatic hydroxyl groups excluding tert-OH is 1. The molecule has 0 bridgehead atoms. The molecule has 4 aliphatic carbocycles. The highest BCUT2D eigenvalue weighted by atomic mass is 16.3. The lowest BCUT2D eigenvalue weighted by Gasteiger charge is -2.54. The lowest BCUT2D eigenvalue weighted by atomic mass is 9.50. The van der Waals surface area contributed by atoms with E-state index in [1.54, 1.807) is 0 Å². The molecule has 0 aromatic carbocycles. The van der Waals surface area contributed by atoms with Gasteiger partial charge in [0.25, 0.3) is 0 Å². The van der Waals surface area contributed by atoms with E-state index in [0.29, 0.717) is 29.6 Å². The largest absolute Gasteiger partial charge is 0.389 e. The second-order valence-corrected chi connectivity index (χ2v) is 8.61. The Morgan fingerprint density at radius 3 is 2.79 bits per heavy atom. The molecule has 3 saturated carbocycles. The van der Waals surface area contributed by atoms with Gasteiger partial charge >= 0.3 is 0 Å². The molecule has 0 heterocycles. The molecule has 3 fully saturated rings. The lowest BCUT2D eigenvalue weighted by Crippen LogP contribution is -2.50. The predicted octanol–water partition coefficient (Wildman–Crippen LogP) is 3.70. The van der Waals surface area contributed by atoms with Crippen LogP contribution in [0.4, 0.5) is 0 Å². The van der Waals surface area contributed by atoms with E-state index in [9.17, 15) is 10.2 Å². The van der Waals surface area contributed by atoms with Crippen LogP contribution in [-0.4, -0.2) is 21.9 Å². The zero-order valence-electron chi connectivity index (χ0n) is 14.7. The third-order valence-corrected chi connectivity index (χ3v) is 7.77. The van der Waals surface area contributed by atoms with Gasteiger partial charge in [0.05, 0.1) is 6.10 Å². The number of rotatable bonds is 1. The normalized spacial score (nSPS) is 50.3. The highest BCUT2D eigenvalue weighted by Crippen LogP contribution is 2.62. The molecule has 0 aromatic rings. The summed E-state index contributed by atoms with van der Waals surface area (Å²) in [5.74, 6) is 5.54. The molecule has 0 radical (unpaired) electrons. The van der Waals surface area contributed by atoms with Gasteiger partial charge in [-0.1, -0.05) is 36.6 Å². The maximum Gasteiger partial charge on any atom is 0.128 e. The van der Waals surface area contributed by atoms with Crippen LogP contribution >= 0.6 is 0 Å². The highest BCUT2D eigenvalue weighted by molar-refractivity contribution is 5.31. The molecule has 0 amide bonds. The maximum atomic E-state index is 11.1. The summed E-state index contributed by atoms with van der Waals surface area (Å²) in [7, 11) is 0. The molecule has 2 nitrogen and oxygen atoms in total. The minimum absolute atomic E-state index is 0.195. The number of allylic oxidation sites excluding steroid dienone is 2. The summed E-state index contributed by atoms with van der Waals surface area (Å²) in [5, 5.41) is 21.1. The van der Waals surface area contributed by atoms with Crippen LogP contribution in [0, 0.1) is 47.9 Å². The Labute approximate surface area is 146 Å². The number of aliphatic hydroxyl groups is 2. The molecular formula is C22H30O2. The summed E-state index contributed by atoms with van der Waals surface area (Å²) < 4.78 is 0. The summed E-state index contributed by atoms with van der Waals surface area (Å²) in [4.78, 5) is 0. The second kappa shape index (κ2) is 5.75. The molecule has 0 spiro atoms. The third kappa shape index (κ3) is 2.18. The summed E-state index contributed by atoms with van der Waals surface area (Å²) in [5.41, 5.74) is 1.87. The van der Waals surface area contributed by atoms with Gasteiger partial charge in [-0.15, -0.1) is 6.42 Å². The van der Waals surface area contributed by atoms with Gasteiger partial charge in [0, 0.05) is 5.92 Å². The average molecular weight is 326 g/mol. The van der Waals surface area contributed by atoms with Crippen molar-refractivity contribution in [2.75, 3.05) is 0 Å². The Bertz CT molecular complexity index is 612. The Hall–Kier alpha value is -1.04. The fourth-order valence-corrected chi connectivity index (χ4v) is 6.85. The highest BCUT2D eigenvalue weighted by Gasteiger charge is 2.59. The van der Waals surface area contributed by atoms with Crippen LogP contribution in [0.1, 0.15) is 51.9 Å². The van der Waals surface area contributed by atoms with Crippen molar-refractivity contribution in [3.63, 3.8) is 0 Å². The molecule has 4 aliphatic rings. The van der Waals surface area contributed by atoms with Crippen LogP contribution in [0.15, 0.2) is 23.8 Å². The van der Waals surface area contributed by atoms with Crippen LogP contribution in [0.25, 0.3) is 0 Å². The molecule has 2 N–H and O–H groups in total. The minimum atomic E-state index is -0.932. The van der Waals surface area contributed by atoms with Crippen LogP contribution in [0.5, 0.6) is 0 Å². The number of hydrogen-bond acceptors (Lipinski definition) is 2. The number of hydrogen-bond donors (Lipinski definition) is 2. The van der Waals surface area contributed by atoms with Crippen LogP contribution in [0.2, 0.25) is 0 Å². The first-order valence-electron chi connectivity index (χ1n) is 9.77. The molecule has 0 aliphatic heterocycles. The Morgan fingerprint density at radius 2 is 2.08 bits per heavy atom. The first-order chi connectivity index (χ1) is 11.5. The van der Waals surface area contributed by atoms with E-state index in [1.807, 2.05) is 0 Å². The number of fused-ring (bicyclic) bond motifs is 5. The van der Waals surface area contributed by atoms with E-state index >= 15 is 0 Å². The van der Waals surface area contributed by atoms with Crippen molar-refractivity contribution in [2.24, 2.45) is 35.5 Å². The van der Waals surface area contributed by atoms with E-state index in [-0.39, 0.29) is 12.0 Å². The Morgan fingerprint density at radius 1 is 1.29 bits per heavy atom. The topological polar surface area (TPSA) is 40.5 Å². The average Bonchev–Trinajstić information content (AvgIpc) is 2.93. The molecule has 8 atom stereocenters. The summed E-state index contributed by atoms with van der Waals surface area (Å²) >= 11 is 0. The van der Waals surface area contributed by atoms with Gasteiger partial charge in [0.1, 0.15) is 5.60 Å². The monoisotopic (exact) mass is 326 g/mol. The second-order valence-electron chi connectivity index (χ2n) is 8.61. The van der Waals surface area contributed by atoms with E-state index in [2.05, 4.69) is 25.5 Å². The van der Waals surface area contributed by atoms with Crippen LogP contribution in [-0.2, 0) is 0 Å². The van der Waals surface area contributed by atoms with Crippen LogP contribution < -0.4 is 0 Å². The fraction of sp³-hybridized carbons (Fsp3) is 0.727. The quantitative estimate of drug-likeness (QED) is 0.570. The van der Waals surface area contributed by atoms with Gasteiger partial charge in [0.2, 0.25) is 0 Å². The smallest absolute Gasteiger partial charge is 0.128 e. The van der Waals surface area contributed by atoms with Crippen molar-refractivity contribution in [1.82, 2.24) is 0 Å². The minimum Gasteiger partial charge on any atom is -0.389 e. The Balaban J connectivity index is 1.73. The van der Waals surface area contributed by atoms with Crippen molar-refractivity contribution in [3.05, 3.63) is 23.8 Å². The van der Waals surface area contributed by atoms with Crippen molar-refractivity contribution < 1.29 is 10.2 Å². The van der Waals surface area contributed by atoms with Gasteiger partial charge in [0.15, 0.2) is 0 Å². The zero-order chi connectivity index (χ0) is 17.1. The summed E-state index contributed by atoms with van der Waals surface area (Å²) in [6.07, 6.45) is 14.7. The van der Waals surface area contributed by atoms with Gasteiger partial charge < -0.3 is 10.2 Å². The molecule has 2 heteroatoms. The fourth-order valence-electron chi connectivity index (χ4n) is 6.85. The van der Waals surface area contributed by atoms with Crippen LogP contribution in [0.3, 0.4) is 0 Å². The molecule has 24 heavy (non-hydrogen) atoms. The van der Waals surface area contributed by atoms with Gasteiger partial charge in [-0.25, -0.2) is 0 Å². The van der Waals surface area contributed by atoms with E-state index < -0.39 is 5.60 Å².